The molecule has 1 aromatic rings. The van der Waals surface area contributed by atoms with Crippen LogP contribution < -0.4 is 4.90 Å². The number of ether oxygens (including phenoxy) is 1. The number of hydrogen-bond donors (Lipinski definition) is 0. The van der Waals surface area contributed by atoms with Crippen molar-refractivity contribution in [3.63, 3.8) is 0 Å². The second-order valence-electron chi connectivity index (χ2n) is 4.36. The molecule has 0 amide bonds. The molecule has 1 aliphatic heterocycles. The van der Waals surface area contributed by atoms with Crippen LogP contribution in [0.1, 0.15) is 24.3 Å². The summed E-state index contributed by atoms with van der Waals surface area (Å²) < 4.78 is 18.5. The van der Waals surface area contributed by atoms with Crippen molar-refractivity contribution in [1.29, 1.82) is 0 Å². The smallest absolute Gasteiger partial charge is 0.306 e. The normalized spacial score (nSPS) is 18.8. The molecule has 0 N–H and O–H groups in total. The quantitative estimate of drug-likeness (QED) is 0.739. The Morgan fingerprint density at radius 3 is 3.06 bits per heavy atom. The van der Waals surface area contributed by atoms with E-state index in [1.54, 1.807) is 6.07 Å². The SMILES string of the molecule is COC(=O)CC1CCN(C)c2cccc(F)c21. The third-order valence-corrected chi connectivity index (χ3v) is 3.30. The van der Waals surface area contributed by atoms with Gasteiger partial charge in [0.2, 0.25) is 0 Å². The number of esters is 1. The number of rotatable bonds is 2. The number of hydrogen-bond acceptors (Lipinski definition) is 3. The van der Waals surface area contributed by atoms with Gasteiger partial charge in [-0.15, -0.1) is 0 Å². The molecule has 0 spiro atoms. The predicted octanol–water partition coefficient (Wildman–Crippen LogP) is 2.31. The number of carbonyl (C=O) groups excluding carboxylic acids is 1. The Morgan fingerprint density at radius 1 is 1.59 bits per heavy atom. The molecule has 0 aliphatic carbocycles. The summed E-state index contributed by atoms with van der Waals surface area (Å²) in [6.07, 6.45) is 1.03. The number of halogens is 1. The van der Waals surface area contributed by atoms with Gasteiger partial charge in [-0.2, -0.15) is 0 Å². The molecular weight excluding hydrogens is 221 g/mol. The van der Waals surface area contributed by atoms with Gasteiger partial charge in [-0.3, -0.25) is 4.79 Å². The van der Waals surface area contributed by atoms with Gasteiger partial charge in [0.05, 0.1) is 13.5 Å². The second-order valence-corrected chi connectivity index (χ2v) is 4.36. The molecule has 4 heteroatoms. The minimum atomic E-state index is -0.284. The summed E-state index contributed by atoms with van der Waals surface area (Å²) in [6, 6.07) is 5.04. The van der Waals surface area contributed by atoms with Gasteiger partial charge in [-0.25, -0.2) is 4.39 Å². The Hall–Kier alpha value is -1.58. The molecule has 1 unspecified atom stereocenters. The van der Waals surface area contributed by atoms with Crippen LogP contribution in [0.4, 0.5) is 10.1 Å². The maximum absolute atomic E-state index is 13.9. The highest BCUT2D eigenvalue weighted by molar-refractivity contribution is 5.71. The van der Waals surface area contributed by atoms with Crippen LogP contribution in [-0.2, 0) is 9.53 Å². The van der Waals surface area contributed by atoms with Gasteiger partial charge in [0.1, 0.15) is 5.82 Å². The minimum absolute atomic E-state index is 0.0742. The number of carbonyl (C=O) groups is 1. The molecule has 17 heavy (non-hydrogen) atoms. The van der Waals surface area contributed by atoms with E-state index in [-0.39, 0.29) is 24.1 Å². The maximum atomic E-state index is 13.9. The molecule has 1 atom stereocenters. The predicted molar refractivity (Wildman–Crippen MR) is 63.7 cm³/mol. The molecule has 1 aromatic carbocycles. The molecule has 1 heterocycles. The molecule has 0 bridgehead atoms. The number of anilines is 1. The van der Waals surface area contributed by atoms with Gasteiger partial charge in [-0.05, 0) is 18.6 Å². The number of methoxy groups -OCH3 is 1. The molecule has 0 saturated heterocycles. The fraction of sp³-hybridized carbons (Fsp3) is 0.462. The lowest BCUT2D eigenvalue weighted by atomic mass is 9.87. The van der Waals surface area contributed by atoms with Crippen LogP contribution in [0.15, 0.2) is 18.2 Å². The second kappa shape index (κ2) is 4.73. The molecule has 0 aromatic heterocycles. The van der Waals surface area contributed by atoms with E-state index in [1.807, 2.05) is 18.0 Å². The molecule has 0 saturated carbocycles. The Balaban J connectivity index is 2.34. The van der Waals surface area contributed by atoms with Crippen LogP contribution in [-0.4, -0.2) is 26.7 Å². The van der Waals surface area contributed by atoms with E-state index >= 15 is 0 Å². The Labute approximate surface area is 100 Å². The first-order valence-corrected chi connectivity index (χ1v) is 5.70. The fourth-order valence-electron chi connectivity index (χ4n) is 2.37. The van der Waals surface area contributed by atoms with E-state index in [4.69, 9.17) is 0 Å². The maximum Gasteiger partial charge on any atom is 0.306 e. The van der Waals surface area contributed by atoms with E-state index in [0.717, 1.165) is 18.7 Å². The number of benzene rings is 1. The van der Waals surface area contributed by atoms with Gasteiger partial charge in [0, 0.05) is 30.8 Å². The van der Waals surface area contributed by atoms with E-state index in [9.17, 15) is 9.18 Å². The zero-order chi connectivity index (χ0) is 12.4. The summed E-state index contributed by atoms with van der Waals surface area (Å²) >= 11 is 0. The summed E-state index contributed by atoms with van der Waals surface area (Å²) in [6.45, 7) is 0.831. The first-order chi connectivity index (χ1) is 8.13. The van der Waals surface area contributed by atoms with Crippen molar-refractivity contribution in [3.05, 3.63) is 29.6 Å². The highest BCUT2D eigenvalue weighted by Gasteiger charge is 2.28. The molecule has 1 aliphatic rings. The van der Waals surface area contributed by atoms with Crippen molar-refractivity contribution in [2.45, 2.75) is 18.8 Å². The van der Waals surface area contributed by atoms with Crippen molar-refractivity contribution in [3.8, 4) is 0 Å². The fourth-order valence-corrected chi connectivity index (χ4v) is 2.37. The lowest BCUT2D eigenvalue weighted by molar-refractivity contribution is -0.141. The monoisotopic (exact) mass is 237 g/mol. The lowest BCUT2D eigenvalue weighted by Crippen LogP contribution is -2.29. The van der Waals surface area contributed by atoms with Crippen molar-refractivity contribution in [2.24, 2.45) is 0 Å². The van der Waals surface area contributed by atoms with Crippen LogP contribution in [0.5, 0.6) is 0 Å². The van der Waals surface area contributed by atoms with Crippen LogP contribution in [0, 0.1) is 5.82 Å². The van der Waals surface area contributed by atoms with E-state index in [2.05, 4.69) is 4.74 Å². The third-order valence-electron chi connectivity index (χ3n) is 3.30. The molecule has 2 rings (SSSR count). The first kappa shape index (κ1) is 11.9. The first-order valence-electron chi connectivity index (χ1n) is 5.70. The van der Waals surface area contributed by atoms with Crippen molar-refractivity contribution in [2.75, 3.05) is 25.6 Å². The van der Waals surface area contributed by atoms with Crippen LogP contribution in [0.3, 0.4) is 0 Å². The summed E-state index contributed by atoms with van der Waals surface area (Å²) in [5.41, 5.74) is 1.52. The standard InChI is InChI=1S/C13H16FNO2/c1-15-7-6-9(8-12(16)17-2)13-10(14)4-3-5-11(13)15/h3-5,9H,6-8H2,1-2H3. The van der Waals surface area contributed by atoms with Crippen molar-refractivity contribution >= 4 is 11.7 Å². The topological polar surface area (TPSA) is 29.5 Å². The summed E-state index contributed by atoms with van der Waals surface area (Å²) in [7, 11) is 3.30. The average molecular weight is 237 g/mol. The lowest BCUT2D eigenvalue weighted by Gasteiger charge is -2.32. The zero-order valence-corrected chi connectivity index (χ0v) is 10.1. The van der Waals surface area contributed by atoms with E-state index < -0.39 is 0 Å². The highest BCUT2D eigenvalue weighted by Crippen LogP contribution is 2.38. The Bertz CT molecular complexity index is 433. The third kappa shape index (κ3) is 2.25. The van der Waals surface area contributed by atoms with Gasteiger partial charge < -0.3 is 9.64 Å². The average Bonchev–Trinajstić information content (AvgIpc) is 2.33. The summed E-state index contributed by atoms with van der Waals surface area (Å²) in [5, 5.41) is 0. The Morgan fingerprint density at radius 2 is 2.35 bits per heavy atom. The van der Waals surface area contributed by atoms with Gasteiger partial charge in [0.15, 0.2) is 0 Å². The van der Waals surface area contributed by atoms with Gasteiger partial charge in [-0.1, -0.05) is 6.07 Å². The molecule has 0 fully saturated rings. The van der Waals surface area contributed by atoms with Crippen molar-refractivity contribution in [1.82, 2.24) is 0 Å². The summed E-state index contributed by atoms with van der Waals surface area (Å²) in [5.74, 6) is -0.591. The highest BCUT2D eigenvalue weighted by atomic mass is 19.1. The zero-order valence-electron chi connectivity index (χ0n) is 10.1. The Kier molecular flexibility index (Phi) is 3.31. The molecule has 0 radical (unpaired) electrons. The number of fused-ring (bicyclic) bond motifs is 1. The number of nitrogens with zero attached hydrogens (tertiary/aromatic N) is 1. The molecule has 92 valence electrons. The minimum Gasteiger partial charge on any atom is -0.469 e. The van der Waals surface area contributed by atoms with Gasteiger partial charge in [0.25, 0.3) is 0 Å². The molecular formula is C13H16FNO2. The largest absolute Gasteiger partial charge is 0.469 e. The van der Waals surface area contributed by atoms with Crippen LogP contribution >= 0.6 is 0 Å². The van der Waals surface area contributed by atoms with Crippen LogP contribution in [0.25, 0.3) is 0 Å². The van der Waals surface area contributed by atoms with Crippen molar-refractivity contribution < 1.29 is 13.9 Å². The van der Waals surface area contributed by atoms with E-state index in [0.29, 0.717) is 5.56 Å². The molecule has 3 nitrogen and oxygen atoms in total. The van der Waals surface area contributed by atoms with Crippen LogP contribution in [0.2, 0.25) is 0 Å². The van der Waals surface area contributed by atoms with E-state index in [1.165, 1.54) is 13.2 Å². The summed E-state index contributed by atoms with van der Waals surface area (Å²) in [4.78, 5) is 13.3. The van der Waals surface area contributed by atoms with Gasteiger partial charge >= 0.3 is 5.97 Å².